The molecule has 13 heavy (non-hydrogen) atoms. The molecule has 0 radical (unpaired) electrons. The highest BCUT2D eigenvalue weighted by Crippen LogP contribution is 2.25. The van der Waals surface area contributed by atoms with Crippen molar-refractivity contribution in [2.45, 2.75) is 25.4 Å². The monoisotopic (exact) mass is 177 g/mol. The van der Waals surface area contributed by atoms with Crippen molar-refractivity contribution >= 4 is 5.69 Å². The molecule has 0 heterocycles. The van der Waals surface area contributed by atoms with E-state index < -0.39 is 0 Å². The lowest BCUT2D eigenvalue weighted by molar-refractivity contribution is 0.120. The van der Waals surface area contributed by atoms with Crippen molar-refractivity contribution in [3.63, 3.8) is 0 Å². The first kappa shape index (κ1) is 8.42. The molecular formula is C11H15NO. The minimum atomic E-state index is 0.473. The Morgan fingerprint density at radius 2 is 1.92 bits per heavy atom. The Morgan fingerprint density at radius 3 is 2.38 bits per heavy atom. The Hall–Kier alpha value is -1.18. The molecule has 1 fully saturated rings. The zero-order valence-corrected chi connectivity index (χ0v) is 7.92. The molecule has 1 aromatic carbocycles. The third-order valence-electron chi connectivity index (χ3n) is 2.50. The number of anilines is 1. The van der Waals surface area contributed by atoms with Crippen LogP contribution in [0.5, 0.6) is 5.75 Å². The number of nitrogens with one attached hydrogen (secondary N) is 1. The summed E-state index contributed by atoms with van der Waals surface area (Å²) in [5.41, 5.74) is 1.13. The van der Waals surface area contributed by atoms with Crippen molar-refractivity contribution in [2.24, 2.45) is 0 Å². The van der Waals surface area contributed by atoms with Crippen molar-refractivity contribution in [1.82, 2.24) is 0 Å². The lowest BCUT2D eigenvalue weighted by Gasteiger charge is -2.26. The predicted molar refractivity (Wildman–Crippen MR) is 54.3 cm³/mol. The Balaban J connectivity index is 1.96. The topological polar surface area (TPSA) is 21.3 Å². The molecular weight excluding hydrogens is 162 g/mol. The van der Waals surface area contributed by atoms with Crippen LogP contribution in [0, 0.1) is 0 Å². The minimum absolute atomic E-state index is 0.473. The smallest absolute Gasteiger partial charge is 0.119 e. The highest BCUT2D eigenvalue weighted by atomic mass is 16.5. The second-order valence-corrected chi connectivity index (χ2v) is 3.45. The molecule has 0 spiro atoms. The molecule has 2 rings (SSSR count). The van der Waals surface area contributed by atoms with E-state index in [2.05, 4.69) is 5.32 Å². The molecule has 1 aliphatic rings. The first-order valence-corrected chi connectivity index (χ1v) is 4.83. The molecule has 0 aromatic heterocycles. The van der Waals surface area contributed by atoms with Crippen LogP contribution in [0.25, 0.3) is 0 Å². The first-order valence-electron chi connectivity index (χ1n) is 4.83. The standard InChI is InChI=1S/C11H15NO/c1-12-9-5-7-11(8-6-9)13-10-3-2-4-10/h5-8,10,12H,2-4H2,1H3. The Labute approximate surface area is 78.9 Å². The van der Waals surface area contributed by atoms with Gasteiger partial charge in [0.1, 0.15) is 5.75 Å². The van der Waals surface area contributed by atoms with E-state index >= 15 is 0 Å². The summed E-state index contributed by atoms with van der Waals surface area (Å²) in [6.45, 7) is 0. The van der Waals surface area contributed by atoms with Gasteiger partial charge >= 0.3 is 0 Å². The Kier molecular flexibility index (Phi) is 2.39. The summed E-state index contributed by atoms with van der Waals surface area (Å²) in [4.78, 5) is 0. The van der Waals surface area contributed by atoms with Gasteiger partial charge in [-0.05, 0) is 43.5 Å². The van der Waals surface area contributed by atoms with E-state index in [4.69, 9.17) is 4.74 Å². The molecule has 0 aliphatic heterocycles. The summed E-state index contributed by atoms with van der Waals surface area (Å²) in [6, 6.07) is 8.11. The van der Waals surface area contributed by atoms with Crippen molar-refractivity contribution in [3.05, 3.63) is 24.3 Å². The fourth-order valence-electron chi connectivity index (χ4n) is 1.38. The average molecular weight is 177 g/mol. The first-order chi connectivity index (χ1) is 6.38. The van der Waals surface area contributed by atoms with Gasteiger partial charge in [0.15, 0.2) is 0 Å². The summed E-state index contributed by atoms with van der Waals surface area (Å²) in [6.07, 6.45) is 4.22. The number of ether oxygens (including phenoxy) is 1. The van der Waals surface area contributed by atoms with Gasteiger partial charge in [-0.2, -0.15) is 0 Å². The fraction of sp³-hybridized carbons (Fsp3) is 0.455. The van der Waals surface area contributed by atoms with E-state index in [1.165, 1.54) is 19.3 Å². The lowest BCUT2D eigenvalue weighted by atomic mass is 9.96. The third-order valence-corrected chi connectivity index (χ3v) is 2.50. The van der Waals surface area contributed by atoms with Crippen LogP contribution in [-0.4, -0.2) is 13.2 Å². The van der Waals surface area contributed by atoms with Crippen LogP contribution >= 0.6 is 0 Å². The normalized spacial score (nSPS) is 16.4. The Bertz CT molecular complexity index is 264. The van der Waals surface area contributed by atoms with Gasteiger partial charge in [0.05, 0.1) is 6.10 Å². The summed E-state index contributed by atoms with van der Waals surface area (Å²) < 4.78 is 5.72. The number of hydrogen-bond acceptors (Lipinski definition) is 2. The molecule has 0 saturated heterocycles. The quantitative estimate of drug-likeness (QED) is 0.766. The van der Waals surface area contributed by atoms with Crippen LogP contribution in [-0.2, 0) is 0 Å². The lowest BCUT2D eigenvalue weighted by Crippen LogP contribution is -2.24. The highest BCUT2D eigenvalue weighted by molar-refractivity contribution is 5.45. The third kappa shape index (κ3) is 1.94. The maximum absolute atomic E-state index is 5.72. The minimum Gasteiger partial charge on any atom is -0.490 e. The van der Waals surface area contributed by atoms with Crippen LogP contribution in [0.3, 0.4) is 0 Å². The molecule has 70 valence electrons. The average Bonchev–Trinajstić information content (AvgIpc) is 2.12. The van der Waals surface area contributed by atoms with Crippen molar-refractivity contribution in [2.75, 3.05) is 12.4 Å². The summed E-state index contributed by atoms with van der Waals surface area (Å²) in [5.74, 6) is 0.990. The second-order valence-electron chi connectivity index (χ2n) is 3.45. The SMILES string of the molecule is CNc1ccc(OC2CCC2)cc1. The van der Waals surface area contributed by atoms with Gasteiger partial charge in [0, 0.05) is 12.7 Å². The van der Waals surface area contributed by atoms with Crippen molar-refractivity contribution in [3.8, 4) is 5.75 Å². The van der Waals surface area contributed by atoms with Gasteiger partial charge in [0.25, 0.3) is 0 Å². The van der Waals surface area contributed by atoms with Crippen LogP contribution < -0.4 is 10.1 Å². The predicted octanol–water partition coefficient (Wildman–Crippen LogP) is 2.66. The molecule has 1 saturated carbocycles. The molecule has 2 nitrogen and oxygen atoms in total. The van der Waals surface area contributed by atoms with Crippen molar-refractivity contribution in [1.29, 1.82) is 0 Å². The zero-order valence-electron chi connectivity index (χ0n) is 7.92. The van der Waals surface area contributed by atoms with Gasteiger partial charge in [-0.15, -0.1) is 0 Å². The maximum Gasteiger partial charge on any atom is 0.119 e. The molecule has 1 aliphatic carbocycles. The summed E-state index contributed by atoms with van der Waals surface area (Å²) >= 11 is 0. The van der Waals surface area contributed by atoms with Gasteiger partial charge in [-0.3, -0.25) is 0 Å². The fourth-order valence-corrected chi connectivity index (χ4v) is 1.38. The molecule has 1 N–H and O–H groups in total. The molecule has 1 aromatic rings. The highest BCUT2D eigenvalue weighted by Gasteiger charge is 2.18. The zero-order chi connectivity index (χ0) is 9.10. The van der Waals surface area contributed by atoms with Crippen LogP contribution in [0.4, 0.5) is 5.69 Å². The van der Waals surface area contributed by atoms with Crippen molar-refractivity contribution < 1.29 is 4.74 Å². The molecule has 0 amide bonds. The summed E-state index contributed by atoms with van der Waals surface area (Å²) in [7, 11) is 1.92. The van der Waals surface area contributed by atoms with E-state index in [0.29, 0.717) is 6.10 Å². The Morgan fingerprint density at radius 1 is 1.23 bits per heavy atom. The maximum atomic E-state index is 5.72. The molecule has 0 unspecified atom stereocenters. The van der Waals surface area contributed by atoms with E-state index in [9.17, 15) is 0 Å². The van der Waals surface area contributed by atoms with Crippen LogP contribution in [0.1, 0.15) is 19.3 Å². The van der Waals surface area contributed by atoms with E-state index in [-0.39, 0.29) is 0 Å². The number of rotatable bonds is 3. The number of benzene rings is 1. The van der Waals surface area contributed by atoms with Gasteiger partial charge in [-0.1, -0.05) is 0 Å². The van der Waals surface area contributed by atoms with E-state index in [1.807, 2.05) is 31.3 Å². The van der Waals surface area contributed by atoms with E-state index in [1.54, 1.807) is 0 Å². The number of hydrogen-bond donors (Lipinski definition) is 1. The van der Waals surface area contributed by atoms with Gasteiger partial charge in [0.2, 0.25) is 0 Å². The molecule has 2 heteroatoms. The van der Waals surface area contributed by atoms with Crippen LogP contribution in [0.15, 0.2) is 24.3 Å². The van der Waals surface area contributed by atoms with E-state index in [0.717, 1.165) is 11.4 Å². The second kappa shape index (κ2) is 3.69. The van der Waals surface area contributed by atoms with Gasteiger partial charge < -0.3 is 10.1 Å². The molecule has 0 atom stereocenters. The summed E-state index contributed by atoms with van der Waals surface area (Å²) in [5, 5.41) is 3.08. The molecule has 0 bridgehead atoms. The largest absolute Gasteiger partial charge is 0.490 e. The van der Waals surface area contributed by atoms with Gasteiger partial charge in [-0.25, -0.2) is 0 Å². The van der Waals surface area contributed by atoms with Crippen LogP contribution in [0.2, 0.25) is 0 Å².